The fourth-order valence-electron chi connectivity index (χ4n) is 3.14. The van der Waals surface area contributed by atoms with Crippen LogP contribution in [0.5, 0.6) is 5.75 Å². The van der Waals surface area contributed by atoms with Crippen molar-refractivity contribution in [2.75, 3.05) is 27.2 Å². The van der Waals surface area contributed by atoms with Crippen LogP contribution < -0.4 is 10.1 Å². The molecule has 1 N–H and O–H groups in total. The third kappa shape index (κ3) is 3.44. The van der Waals surface area contributed by atoms with Gasteiger partial charge in [-0.15, -0.1) is 11.3 Å². The second kappa shape index (κ2) is 7.32. The third-order valence-corrected chi connectivity index (χ3v) is 5.65. The Morgan fingerprint density at radius 3 is 2.79 bits per heavy atom. The molecule has 0 aliphatic carbocycles. The van der Waals surface area contributed by atoms with Crippen LogP contribution in [0.25, 0.3) is 10.6 Å². The van der Waals surface area contributed by atoms with Gasteiger partial charge in [-0.05, 0) is 49.7 Å². The second-order valence-electron chi connectivity index (χ2n) is 6.21. The molecule has 2 heterocycles. The number of thiazole rings is 1. The first-order valence-corrected chi connectivity index (χ1v) is 9.00. The molecule has 2 atom stereocenters. The summed E-state index contributed by atoms with van der Waals surface area (Å²) >= 11 is 1.44. The van der Waals surface area contributed by atoms with Gasteiger partial charge in [0.15, 0.2) is 0 Å². The first-order chi connectivity index (χ1) is 11.6. The van der Waals surface area contributed by atoms with E-state index in [9.17, 15) is 4.79 Å². The van der Waals surface area contributed by atoms with Crippen molar-refractivity contribution in [2.45, 2.75) is 19.4 Å². The van der Waals surface area contributed by atoms with E-state index in [0.717, 1.165) is 35.8 Å². The predicted octanol–water partition coefficient (Wildman–Crippen LogP) is 2.89. The number of nitrogens with one attached hydrogen (secondary N) is 1. The van der Waals surface area contributed by atoms with Gasteiger partial charge in [-0.3, -0.25) is 4.79 Å². The SMILES string of the molecule is COc1ccc(-c2ncc(C(=O)N(C)C3CCNCC3C)s2)cc1. The van der Waals surface area contributed by atoms with Gasteiger partial charge in [0, 0.05) is 18.7 Å². The van der Waals surface area contributed by atoms with Crippen LogP contribution in [0.15, 0.2) is 30.5 Å². The number of amides is 1. The number of carbonyl (C=O) groups excluding carboxylic acids is 1. The Labute approximate surface area is 146 Å². The summed E-state index contributed by atoms with van der Waals surface area (Å²) in [5.74, 6) is 1.33. The maximum Gasteiger partial charge on any atom is 0.265 e. The number of nitrogens with zero attached hydrogens (tertiary/aromatic N) is 2. The van der Waals surface area contributed by atoms with Gasteiger partial charge in [0.1, 0.15) is 15.6 Å². The number of methoxy groups -OCH3 is 1. The highest BCUT2D eigenvalue weighted by molar-refractivity contribution is 7.16. The Bertz CT molecular complexity index is 699. The fraction of sp³-hybridized carbons (Fsp3) is 0.444. The van der Waals surface area contributed by atoms with E-state index in [1.807, 2.05) is 36.2 Å². The van der Waals surface area contributed by atoms with Crippen LogP contribution in [0.4, 0.5) is 0 Å². The molecule has 0 spiro atoms. The number of hydrogen-bond acceptors (Lipinski definition) is 5. The normalized spacial score (nSPS) is 20.6. The quantitative estimate of drug-likeness (QED) is 0.926. The Balaban J connectivity index is 1.75. The van der Waals surface area contributed by atoms with Crippen LogP contribution in [-0.2, 0) is 0 Å². The first-order valence-electron chi connectivity index (χ1n) is 8.18. The molecular formula is C18H23N3O2S. The molecule has 0 bridgehead atoms. The van der Waals surface area contributed by atoms with E-state index in [1.165, 1.54) is 11.3 Å². The molecule has 2 unspecified atom stereocenters. The number of benzene rings is 1. The molecule has 3 rings (SSSR count). The summed E-state index contributed by atoms with van der Waals surface area (Å²) in [6, 6.07) is 8.02. The number of hydrogen-bond donors (Lipinski definition) is 1. The van der Waals surface area contributed by atoms with Crippen LogP contribution in [0.1, 0.15) is 23.0 Å². The lowest BCUT2D eigenvalue weighted by Gasteiger charge is -2.36. The summed E-state index contributed by atoms with van der Waals surface area (Å²) in [5, 5.41) is 4.23. The lowest BCUT2D eigenvalue weighted by Crippen LogP contribution is -2.49. The van der Waals surface area contributed by atoms with E-state index in [4.69, 9.17) is 4.74 Å². The van der Waals surface area contributed by atoms with Crippen molar-refractivity contribution in [1.29, 1.82) is 0 Å². The lowest BCUT2D eigenvalue weighted by atomic mass is 9.94. The highest BCUT2D eigenvalue weighted by atomic mass is 32.1. The van der Waals surface area contributed by atoms with Crippen molar-refractivity contribution >= 4 is 17.2 Å². The van der Waals surface area contributed by atoms with Crippen LogP contribution >= 0.6 is 11.3 Å². The standard InChI is InChI=1S/C18H23N3O2S/c1-12-10-19-9-8-15(12)21(2)18(22)16-11-20-17(24-16)13-4-6-14(23-3)7-5-13/h4-7,11-12,15,19H,8-10H2,1-3H3. The van der Waals surface area contributed by atoms with E-state index in [2.05, 4.69) is 17.2 Å². The molecule has 1 aliphatic rings. The molecule has 24 heavy (non-hydrogen) atoms. The van der Waals surface area contributed by atoms with Gasteiger partial charge in [-0.1, -0.05) is 6.92 Å². The summed E-state index contributed by atoms with van der Waals surface area (Å²) in [7, 11) is 3.55. The minimum atomic E-state index is 0.0611. The van der Waals surface area contributed by atoms with Crippen molar-refractivity contribution in [3.63, 3.8) is 0 Å². The van der Waals surface area contributed by atoms with Gasteiger partial charge >= 0.3 is 0 Å². The van der Waals surface area contributed by atoms with E-state index in [1.54, 1.807) is 13.3 Å². The van der Waals surface area contributed by atoms with Crippen LogP contribution in [0, 0.1) is 5.92 Å². The van der Waals surface area contributed by atoms with E-state index in [-0.39, 0.29) is 11.9 Å². The van der Waals surface area contributed by atoms with Crippen molar-refractivity contribution in [3.8, 4) is 16.3 Å². The van der Waals surface area contributed by atoms with E-state index < -0.39 is 0 Å². The van der Waals surface area contributed by atoms with Crippen LogP contribution in [0.2, 0.25) is 0 Å². The van der Waals surface area contributed by atoms with Gasteiger partial charge < -0.3 is 15.0 Å². The summed E-state index contributed by atoms with van der Waals surface area (Å²) in [6.07, 6.45) is 2.68. The van der Waals surface area contributed by atoms with E-state index >= 15 is 0 Å². The molecule has 1 fully saturated rings. The van der Waals surface area contributed by atoms with Crippen LogP contribution in [-0.4, -0.2) is 49.1 Å². The molecule has 1 aliphatic heterocycles. The maximum atomic E-state index is 12.8. The van der Waals surface area contributed by atoms with Crippen molar-refractivity contribution < 1.29 is 9.53 Å². The highest BCUT2D eigenvalue weighted by Gasteiger charge is 2.29. The zero-order valence-electron chi connectivity index (χ0n) is 14.3. The first kappa shape index (κ1) is 16.9. The van der Waals surface area contributed by atoms with Gasteiger partial charge in [0.05, 0.1) is 13.3 Å². The number of aromatic nitrogens is 1. The Morgan fingerprint density at radius 1 is 1.38 bits per heavy atom. The Kier molecular flexibility index (Phi) is 5.16. The van der Waals surface area contributed by atoms with Gasteiger partial charge in [-0.2, -0.15) is 0 Å². The number of carbonyl (C=O) groups is 1. The summed E-state index contributed by atoms with van der Waals surface area (Å²) in [5.41, 5.74) is 0.998. The number of ether oxygens (including phenoxy) is 1. The van der Waals surface area contributed by atoms with Crippen molar-refractivity contribution in [1.82, 2.24) is 15.2 Å². The summed E-state index contributed by atoms with van der Waals surface area (Å²) in [6.45, 7) is 4.12. The molecule has 1 amide bonds. The number of rotatable bonds is 4. The average Bonchev–Trinajstić information content (AvgIpc) is 3.11. The molecule has 1 saturated heterocycles. The Morgan fingerprint density at radius 2 is 2.12 bits per heavy atom. The molecular weight excluding hydrogens is 322 g/mol. The van der Waals surface area contributed by atoms with Crippen molar-refractivity contribution in [3.05, 3.63) is 35.3 Å². The minimum Gasteiger partial charge on any atom is -0.497 e. The second-order valence-corrected chi connectivity index (χ2v) is 7.24. The minimum absolute atomic E-state index is 0.0611. The topological polar surface area (TPSA) is 54.5 Å². The van der Waals surface area contributed by atoms with E-state index in [0.29, 0.717) is 10.8 Å². The molecule has 1 aromatic heterocycles. The third-order valence-electron chi connectivity index (χ3n) is 4.61. The summed E-state index contributed by atoms with van der Waals surface area (Å²) in [4.78, 5) is 19.8. The maximum absolute atomic E-state index is 12.8. The molecule has 6 heteroatoms. The van der Waals surface area contributed by atoms with Gasteiger partial charge in [0.2, 0.25) is 0 Å². The fourth-order valence-corrected chi connectivity index (χ4v) is 4.04. The molecule has 0 saturated carbocycles. The predicted molar refractivity (Wildman–Crippen MR) is 96.6 cm³/mol. The molecule has 5 nitrogen and oxygen atoms in total. The Hall–Kier alpha value is -1.92. The van der Waals surface area contributed by atoms with Gasteiger partial charge in [-0.25, -0.2) is 4.98 Å². The highest BCUT2D eigenvalue weighted by Crippen LogP contribution is 2.28. The van der Waals surface area contributed by atoms with Crippen molar-refractivity contribution in [2.24, 2.45) is 5.92 Å². The molecule has 128 valence electrons. The molecule has 0 radical (unpaired) electrons. The smallest absolute Gasteiger partial charge is 0.265 e. The average molecular weight is 345 g/mol. The monoisotopic (exact) mass is 345 g/mol. The van der Waals surface area contributed by atoms with Gasteiger partial charge in [0.25, 0.3) is 5.91 Å². The number of piperidine rings is 1. The molecule has 2 aromatic rings. The zero-order valence-corrected chi connectivity index (χ0v) is 15.1. The largest absolute Gasteiger partial charge is 0.497 e. The zero-order chi connectivity index (χ0) is 17.1. The summed E-state index contributed by atoms with van der Waals surface area (Å²) < 4.78 is 5.17. The lowest BCUT2D eigenvalue weighted by molar-refractivity contribution is 0.0648. The molecule has 1 aromatic carbocycles. The van der Waals surface area contributed by atoms with Crippen LogP contribution in [0.3, 0.4) is 0 Å².